The number of ether oxygens (including phenoxy) is 1. The third kappa shape index (κ3) is 4.54. The highest BCUT2D eigenvalue weighted by atomic mass is 32.1. The van der Waals surface area contributed by atoms with Crippen molar-refractivity contribution in [1.29, 1.82) is 0 Å². The lowest BCUT2D eigenvalue weighted by Crippen LogP contribution is -2.24. The Hall–Kier alpha value is -2.99. The van der Waals surface area contributed by atoms with Crippen LogP contribution in [0.1, 0.15) is 45.2 Å². The van der Waals surface area contributed by atoms with Crippen LogP contribution in [0.3, 0.4) is 0 Å². The van der Waals surface area contributed by atoms with Crippen LogP contribution in [0.25, 0.3) is 0 Å². The summed E-state index contributed by atoms with van der Waals surface area (Å²) in [5.74, 6) is -0.503. The van der Waals surface area contributed by atoms with Crippen LogP contribution in [0.2, 0.25) is 0 Å². The summed E-state index contributed by atoms with van der Waals surface area (Å²) in [5, 5.41) is 2.37. The van der Waals surface area contributed by atoms with E-state index >= 15 is 0 Å². The van der Waals surface area contributed by atoms with Gasteiger partial charge in [-0.25, -0.2) is 9.78 Å². The predicted molar refractivity (Wildman–Crippen MR) is 116 cm³/mol. The van der Waals surface area contributed by atoms with Crippen molar-refractivity contribution in [1.82, 2.24) is 4.98 Å². The number of aromatic nitrogens is 1. The minimum atomic E-state index is -0.388. The monoisotopic (exact) mass is 408 g/mol. The van der Waals surface area contributed by atoms with Gasteiger partial charge in [0, 0.05) is 12.3 Å². The smallest absolute Gasteiger partial charge is 0.338 e. The molecule has 0 radical (unpaired) electrons. The fraction of sp³-hybridized carbons (Fsp3) is 0.261. The Morgan fingerprint density at radius 3 is 2.31 bits per heavy atom. The maximum absolute atomic E-state index is 12.4. The van der Waals surface area contributed by atoms with Crippen LogP contribution in [0.4, 0.5) is 10.8 Å². The lowest BCUT2D eigenvalue weighted by molar-refractivity contribution is -0.115. The molecular weight excluding hydrogens is 384 g/mol. The zero-order chi connectivity index (χ0) is 21.1. The molecule has 1 heterocycles. The first-order valence-corrected chi connectivity index (χ1v) is 10.2. The van der Waals surface area contributed by atoms with E-state index in [2.05, 4.69) is 4.98 Å². The number of thiazole rings is 1. The predicted octanol–water partition coefficient (Wildman–Crippen LogP) is 5.42. The Labute approximate surface area is 175 Å². The number of amides is 1. The third-order valence-corrected chi connectivity index (χ3v) is 5.68. The maximum atomic E-state index is 12.4. The Kier molecular flexibility index (Phi) is 6.13. The van der Waals surface area contributed by atoms with E-state index in [1.807, 2.05) is 63.4 Å². The number of carbonyl (C=O) groups excluding carboxylic acids is 2. The highest BCUT2D eigenvalue weighted by Gasteiger charge is 2.21. The highest BCUT2D eigenvalue weighted by molar-refractivity contribution is 7.14. The number of esters is 1. The molecule has 0 aliphatic carbocycles. The van der Waals surface area contributed by atoms with Crippen molar-refractivity contribution in [2.24, 2.45) is 0 Å². The van der Waals surface area contributed by atoms with Gasteiger partial charge in [0.1, 0.15) is 6.61 Å². The van der Waals surface area contributed by atoms with Crippen LogP contribution in [0, 0.1) is 27.7 Å². The summed E-state index contributed by atoms with van der Waals surface area (Å²) in [5.41, 5.74) is 6.14. The van der Waals surface area contributed by atoms with Crippen molar-refractivity contribution in [2.75, 3.05) is 4.90 Å². The second kappa shape index (κ2) is 8.57. The minimum Gasteiger partial charge on any atom is -0.456 e. The molecule has 2 aromatic carbocycles. The van der Waals surface area contributed by atoms with Gasteiger partial charge in [-0.3, -0.25) is 9.69 Å². The summed E-state index contributed by atoms with van der Waals surface area (Å²) in [6.07, 6.45) is 0. The van der Waals surface area contributed by atoms with Gasteiger partial charge in [-0.1, -0.05) is 24.3 Å². The van der Waals surface area contributed by atoms with Crippen molar-refractivity contribution in [3.63, 3.8) is 0 Å². The summed E-state index contributed by atoms with van der Waals surface area (Å²) in [7, 11) is 0. The van der Waals surface area contributed by atoms with E-state index in [1.54, 1.807) is 11.0 Å². The second-order valence-corrected chi connectivity index (χ2v) is 7.93. The molecule has 29 heavy (non-hydrogen) atoms. The van der Waals surface area contributed by atoms with E-state index in [4.69, 9.17) is 4.74 Å². The van der Waals surface area contributed by atoms with Crippen molar-refractivity contribution in [2.45, 2.75) is 41.2 Å². The number of aryl methyl sites for hydroxylation is 4. The molecule has 0 fully saturated rings. The topological polar surface area (TPSA) is 59.5 Å². The van der Waals surface area contributed by atoms with Gasteiger partial charge in [0.25, 0.3) is 0 Å². The molecule has 0 N–H and O–H groups in total. The van der Waals surface area contributed by atoms with Crippen LogP contribution in [0.5, 0.6) is 0 Å². The fourth-order valence-electron chi connectivity index (χ4n) is 3.10. The van der Waals surface area contributed by atoms with Crippen LogP contribution in [-0.4, -0.2) is 16.9 Å². The van der Waals surface area contributed by atoms with Crippen molar-refractivity contribution >= 4 is 34.0 Å². The summed E-state index contributed by atoms with van der Waals surface area (Å²) < 4.78 is 5.42. The van der Waals surface area contributed by atoms with E-state index in [1.165, 1.54) is 18.3 Å². The molecule has 5 nitrogen and oxygen atoms in total. The largest absolute Gasteiger partial charge is 0.456 e. The van der Waals surface area contributed by atoms with Gasteiger partial charge >= 0.3 is 5.97 Å². The Morgan fingerprint density at radius 1 is 1.00 bits per heavy atom. The molecule has 1 amide bonds. The first-order chi connectivity index (χ1) is 13.8. The van der Waals surface area contributed by atoms with Crippen LogP contribution >= 0.6 is 11.3 Å². The quantitative estimate of drug-likeness (QED) is 0.529. The van der Waals surface area contributed by atoms with E-state index in [-0.39, 0.29) is 18.5 Å². The Bertz CT molecular complexity index is 1050. The number of hydrogen-bond donors (Lipinski definition) is 0. The number of para-hydroxylation sites is 1. The molecule has 0 unspecified atom stereocenters. The molecule has 0 spiro atoms. The average molecular weight is 409 g/mol. The number of rotatable bonds is 5. The van der Waals surface area contributed by atoms with Gasteiger partial charge in [-0.05, 0) is 62.1 Å². The van der Waals surface area contributed by atoms with Gasteiger partial charge < -0.3 is 4.74 Å². The summed E-state index contributed by atoms with van der Waals surface area (Å²) >= 11 is 1.35. The van der Waals surface area contributed by atoms with E-state index in [0.29, 0.717) is 16.4 Å². The van der Waals surface area contributed by atoms with Crippen LogP contribution < -0.4 is 4.90 Å². The molecule has 0 atom stereocenters. The van der Waals surface area contributed by atoms with Crippen molar-refractivity contribution < 1.29 is 14.3 Å². The van der Waals surface area contributed by atoms with Crippen molar-refractivity contribution in [3.05, 3.63) is 75.3 Å². The van der Waals surface area contributed by atoms with Gasteiger partial charge in [0.05, 0.1) is 16.9 Å². The molecule has 1 aromatic heterocycles. The standard InChI is InChI=1S/C23H24N2O3S/c1-14-9-10-19(11-17(14)4)22(27)28-12-20-13-29-23(24-20)25(18(5)26)21-15(2)7-6-8-16(21)3/h6-11,13H,12H2,1-5H3. The zero-order valence-corrected chi connectivity index (χ0v) is 18.1. The zero-order valence-electron chi connectivity index (χ0n) is 17.3. The van der Waals surface area contributed by atoms with E-state index in [9.17, 15) is 9.59 Å². The second-order valence-electron chi connectivity index (χ2n) is 7.09. The summed E-state index contributed by atoms with van der Waals surface area (Å²) in [6.45, 7) is 9.48. The molecule has 3 aromatic rings. The number of hydrogen-bond acceptors (Lipinski definition) is 5. The number of nitrogens with zero attached hydrogens (tertiary/aromatic N) is 2. The maximum Gasteiger partial charge on any atom is 0.338 e. The number of carbonyl (C=O) groups is 2. The molecular formula is C23H24N2O3S. The van der Waals surface area contributed by atoms with Gasteiger partial charge in [0.2, 0.25) is 5.91 Å². The molecule has 3 rings (SSSR count). The SMILES string of the molecule is CC(=O)N(c1nc(COC(=O)c2ccc(C)c(C)c2)cs1)c1c(C)cccc1C. The van der Waals surface area contributed by atoms with Gasteiger partial charge in [-0.15, -0.1) is 11.3 Å². The molecule has 6 heteroatoms. The Balaban J connectivity index is 1.77. The summed E-state index contributed by atoms with van der Waals surface area (Å²) in [4.78, 5) is 30.9. The first-order valence-electron chi connectivity index (χ1n) is 9.33. The lowest BCUT2D eigenvalue weighted by Gasteiger charge is -2.22. The lowest BCUT2D eigenvalue weighted by atomic mass is 10.1. The van der Waals surface area contributed by atoms with Gasteiger partial charge in [0.15, 0.2) is 5.13 Å². The Morgan fingerprint density at radius 2 is 1.69 bits per heavy atom. The van der Waals surface area contributed by atoms with Crippen LogP contribution in [0.15, 0.2) is 41.8 Å². The third-order valence-electron chi connectivity index (χ3n) is 4.80. The molecule has 150 valence electrons. The number of benzene rings is 2. The van der Waals surface area contributed by atoms with Crippen molar-refractivity contribution in [3.8, 4) is 0 Å². The molecule has 0 aliphatic rings. The normalized spacial score (nSPS) is 10.7. The molecule has 0 saturated carbocycles. The first kappa shape index (κ1) is 20.7. The molecule has 0 bridgehead atoms. The fourth-order valence-corrected chi connectivity index (χ4v) is 3.96. The summed E-state index contributed by atoms with van der Waals surface area (Å²) in [6, 6.07) is 11.4. The molecule has 0 aliphatic heterocycles. The number of anilines is 2. The highest BCUT2D eigenvalue weighted by Crippen LogP contribution is 2.33. The minimum absolute atomic E-state index is 0.0563. The van der Waals surface area contributed by atoms with E-state index in [0.717, 1.165) is 27.9 Å². The van der Waals surface area contributed by atoms with E-state index < -0.39 is 0 Å². The van der Waals surface area contributed by atoms with Crippen LogP contribution in [-0.2, 0) is 16.1 Å². The molecule has 0 saturated heterocycles. The average Bonchev–Trinajstić information content (AvgIpc) is 3.13. The van der Waals surface area contributed by atoms with Gasteiger partial charge in [-0.2, -0.15) is 0 Å².